The van der Waals surface area contributed by atoms with Crippen molar-refractivity contribution in [1.82, 2.24) is 20.2 Å². The van der Waals surface area contributed by atoms with Crippen LogP contribution in [-0.4, -0.2) is 31.2 Å². The van der Waals surface area contributed by atoms with Gasteiger partial charge in [0.05, 0.1) is 5.69 Å². The van der Waals surface area contributed by atoms with E-state index in [2.05, 4.69) is 20.2 Å². The Hall–Kier alpha value is -2.24. The minimum Gasteiger partial charge on any atom is -0.477 e. The SMILES string of the molecule is O=C(O)c1cc(-c2cc[nH]n2)ncn1. The number of carbonyl (C=O) groups is 1. The lowest BCUT2D eigenvalue weighted by Crippen LogP contribution is -2.01. The number of hydrogen-bond donors (Lipinski definition) is 2. The van der Waals surface area contributed by atoms with Crippen LogP contribution in [0.1, 0.15) is 10.5 Å². The van der Waals surface area contributed by atoms with E-state index in [-0.39, 0.29) is 5.69 Å². The summed E-state index contributed by atoms with van der Waals surface area (Å²) < 4.78 is 0. The topological polar surface area (TPSA) is 91.8 Å². The van der Waals surface area contributed by atoms with Crippen LogP contribution in [0.5, 0.6) is 0 Å². The molecule has 14 heavy (non-hydrogen) atoms. The number of aromatic nitrogens is 4. The average Bonchev–Trinajstić information content (AvgIpc) is 2.71. The molecule has 0 bridgehead atoms. The van der Waals surface area contributed by atoms with Crippen LogP contribution >= 0.6 is 0 Å². The van der Waals surface area contributed by atoms with E-state index >= 15 is 0 Å². The maximum Gasteiger partial charge on any atom is 0.354 e. The smallest absolute Gasteiger partial charge is 0.354 e. The maximum absolute atomic E-state index is 10.6. The normalized spacial score (nSPS) is 10.0. The van der Waals surface area contributed by atoms with Gasteiger partial charge in [-0.3, -0.25) is 5.10 Å². The lowest BCUT2D eigenvalue weighted by Gasteiger charge is -1.96. The minimum atomic E-state index is -1.08. The summed E-state index contributed by atoms with van der Waals surface area (Å²) in [5.74, 6) is -1.08. The zero-order chi connectivity index (χ0) is 9.97. The molecule has 2 rings (SSSR count). The van der Waals surface area contributed by atoms with E-state index in [1.54, 1.807) is 12.3 Å². The van der Waals surface area contributed by atoms with Crippen molar-refractivity contribution in [2.45, 2.75) is 0 Å². The fraction of sp³-hybridized carbons (Fsp3) is 0. The Kier molecular flexibility index (Phi) is 1.94. The van der Waals surface area contributed by atoms with Gasteiger partial charge in [0.2, 0.25) is 0 Å². The van der Waals surface area contributed by atoms with Crippen molar-refractivity contribution in [2.75, 3.05) is 0 Å². The first-order valence-electron chi connectivity index (χ1n) is 3.83. The predicted octanol–water partition coefficient (Wildman–Crippen LogP) is 0.565. The molecule has 6 nitrogen and oxygen atoms in total. The van der Waals surface area contributed by atoms with Crippen molar-refractivity contribution in [3.05, 3.63) is 30.4 Å². The molecule has 0 aromatic carbocycles. The predicted molar refractivity (Wildman–Crippen MR) is 46.6 cm³/mol. The number of carboxylic acid groups (broad SMARTS) is 1. The van der Waals surface area contributed by atoms with Gasteiger partial charge >= 0.3 is 5.97 Å². The zero-order valence-corrected chi connectivity index (χ0v) is 7.01. The first-order valence-corrected chi connectivity index (χ1v) is 3.83. The van der Waals surface area contributed by atoms with Gasteiger partial charge in [0.25, 0.3) is 0 Å². The number of carboxylic acids is 1. The summed E-state index contributed by atoms with van der Waals surface area (Å²) >= 11 is 0. The van der Waals surface area contributed by atoms with Gasteiger partial charge in [0.15, 0.2) is 5.69 Å². The number of hydrogen-bond acceptors (Lipinski definition) is 4. The molecule has 0 fully saturated rings. The van der Waals surface area contributed by atoms with E-state index < -0.39 is 5.97 Å². The van der Waals surface area contributed by atoms with Crippen molar-refractivity contribution < 1.29 is 9.90 Å². The van der Waals surface area contributed by atoms with Gasteiger partial charge < -0.3 is 5.11 Å². The highest BCUT2D eigenvalue weighted by Crippen LogP contribution is 2.12. The lowest BCUT2D eigenvalue weighted by molar-refractivity contribution is 0.0690. The summed E-state index contributed by atoms with van der Waals surface area (Å²) in [5.41, 5.74) is 1.03. The van der Waals surface area contributed by atoms with E-state index in [1.807, 2.05) is 0 Å². The molecule has 2 heterocycles. The third kappa shape index (κ3) is 1.45. The second-order valence-corrected chi connectivity index (χ2v) is 2.55. The van der Waals surface area contributed by atoms with Gasteiger partial charge in [-0.1, -0.05) is 0 Å². The van der Waals surface area contributed by atoms with E-state index in [0.29, 0.717) is 11.4 Å². The minimum absolute atomic E-state index is 0.0435. The van der Waals surface area contributed by atoms with E-state index in [0.717, 1.165) is 0 Å². The molecule has 2 aromatic heterocycles. The molecular weight excluding hydrogens is 184 g/mol. The molecule has 0 saturated heterocycles. The van der Waals surface area contributed by atoms with Gasteiger partial charge in [-0.05, 0) is 12.1 Å². The van der Waals surface area contributed by atoms with Crippen LogP contribution in [0, 0.1) is 0 Å². The molecular formula is C8H6N4O2. The standard InChI is InChI=1S/C8H6N4O2/c13-8(14)7-3-6(9-4-10-7)5-1-2-11-12-5/h1-4H,(H,11,12)(H,13,14). The highest BCUT2D eigenvalue weighted by Gasteiger charge is 2.08. The van der Waals surface area contributed by atoms with Crippen LogP contribution in [0.3, 0.4) is 0 Å². The molecule has 2 aromatic rings. The van der Waals surface area contributed by atoms with E-state index in [4.69, 9.17) is 5.11 Å². The summed E-state index contributed by atoms with van der Waals surface area (Å²) in [4.78, 5) is 18.1. The number of rotatable bonds is 2. The van der Waals surface area contributed by atoms with Crippen LogP contribution in [0.2, 0.25) is 0 Å². The van der Waals surface area contributed by atoms with Crippen LogP contribution in [0.15, 0.2) is 24.7 Å². The summed E-state index contributed by atoms with van der Waals surface area (Å²) in [6, 6.07) is 3.08. The molecule has 0 saturated carbocycles. The molecule has 0 amide bonds. The summed E-state index contributed by atoms with van der Waals surface area (Å²) in [6.07, 6.45) is 2.84. The quantitative estimate of drug-likeness (QED) is 0.722. The maximum atomic E-state index is 10.6. The molecule has 0 atom stereocenters. The van der Waals surface area contributed by atoms with Crippen LogP contribution in [0.4, 0.5) is 0 Å². The number of aromatic carboxylic acids is 1. The third-order valence-electron chi connectivity index (χ3n) is 1.65. The van der Waals surface area contributed by atoms with E-state index in [1.165, 1.54) is 12.4 Å². The monoisotopic (exact) mass is 190 g/mol. The Morgan fingerprint density at radius 3 is 2.86 bits per heavy atom. The van der Waals surface area contributed by atoms with Gasteiger partial charge in [-0.25, -0.2) is 14.8 Å². The molecule has 6 heteroatoms. The molecule has 0 aliphatic heterocycles. The van der Waals surface area contributed by atoms with Crippen LogP contribution in [-0.2, 0) is 0 Å². The molecule has 0 aliphatic carbocycles. The van der Waals surface area contributed by atoms with Crippen molar-refractivity contribution in [3.63, 3.8) is 0 Å². The molecule has 2 N–H and O–H groups in total. The summed E-state index contributed by atoms with van der Waals surface area (Å²) in [7, 11) is 0. The Bertz CT molecular complexity index is 452. The Morgan fingerprint density at radius 1 is 1.36 bits per heavy atom. The number of aromatic amines is 1. The first kappa shape index (κ1) is 8.36. The number of H-pyrrole nitrogens is 1. The Morgan fingerprint density at radius 2 is 2.21 bits per heavy atom. The molecule has 0 aliphatic rings. The van der Waals surface area contributed by atoms with Gasteiger partial charge in [-0.2, -0.15) is 5.10 Å². The summed E-state index contributed by atoms with van der Waals surface area (Å²) in [5, 5.41) is 15.2. The van der Waals surface area contributed by atoms with Crippen LogP contribution in [0.25, 0.3) is 11.4 Å². The number of nitrogens with one attached hydrogen (secondary N) is 1. The lowest BCUT2D eigenvalue weighted by atomic mass is 10.2. The van der Waals surface area contributed by atoms with Gasteiger partial charge in [-0.15, -0.1) is 0 Å². The third-order valence-corrected chi connectivity index (χ3v) is 1.65. The van der Waals surface area contributed by atoms with Crippen molar-refractivity contribution in [1.29, 1.82) is 0 Å². The Labute approximate surface area is 78.6 Å². The number of nitrogens with zero attached hydrogens (tertiary/aromatic N) is 3. The fourth-order valence-electron chi connectivity index (χ4n) is 1.02. The molecule has 0 radical (unpaired) electrons. The largest absolute Gasteiger partial charge is 0.477 e. The van der Waals surface area contributed by atoms with Gasteiger partial charge in [0, 0.05) is 6.20 Å². The molecule has 0 spiro atoms. The van der Waals surface area contributed by atoms with Gasteiger partial charge in [0.1, 0.15) is 12.0 Å². The first-order chi connectivity index (χ1) is 6.77. The Balaban J connectivity index is 2.46. The second-order valence-electron chi connectivity index (χ2n) is 2.55. The van der Waals surface area contributed by atoms with Crippen molar-refractivity contribution in [3.8, 4) is 11.4 Å². The van der Waals surface area contributed by atoms with Crippen molar-refractivity contribution in [2.24, 2.45) is 0 Å². The average molecular weight is 190 g/mol. The summed E-state index contributed by atoms with van der Waals surface area (Å²) in [6.45, 7) is 0. The van der Waals surface area contributed by atoms with E-state index in [9.17, 15) is 4.79 Å². The highest BCUT2D eigenvalue weighted by molar-refractivity contribution is 5.86. The zero-order valence-electron chi connectivity index (χ0n) is 7.01. The second kappa shape index (κ2) is 3.25. The fourth-order valence-corrected chi connectivity index (χ4v) is 1.02. The highest BCUT2D eigenvalue weighted by atomic mass is 16.4. The van der Waals surface area contributed by atoms with Crippen molar-refractivity contribution >= 4 is 5.97 Å². The van der Waals surface area contributed by atoms with Crippen LogP contribution < -0.4 is 0 Å². The molecule has 70 valence electrons. The molecule has 0 unspecified atom stereocenters.